The van der Waals surface area contributed by atoms with E-state index in [0.717, 1.165) is 50.5 Å². The van der Waals surface area contributed by atoms with E-state index in [1.807, 2.05) is 24.3 Å². The largest absolute Gasteiger partial charge is 0.494 e. The molecule has 0 bridgehead atoms. The molecular weight excluding hydrogens is 447 g/mol. The van der Waals surface area contributed by atoms with Crippen LogP contribution in [0.1, 0.15) is 57.4 Å². The molecule has 4 heteroatoms. The summed E-state index contributed by atoms with van der Waals surface area (Å²) in [6, 6.07) is 19.1. The number of hydrogen-bond acceptors (Lipinski definition) is 2. The molecule has 0 aliphatic carbocycles. The first-order chi connectivity index (χ1) is 14.3. The standard InChI is InChI=1S/C26H38NO2.Y/c1-2-3-21-28-25-14-16-26(17-15-25)29-22-11-20-27(18-9-4-5-10-19-27)23-24-12-7-6-8-13-24;/h6-8,12-17H,2-5,9-11,18-23H2,1H3;/q+1;. The number of rotatable bonds is 11. The minimum absolute atomic E-state index is 0. The van der Waals surface area contributed by atoms with Crippen molar-refractivity contribution in [3.05, 3.63) is 60.2 Å². The van der Waals surface area contributed by atoms with E-state index < -0.39 is 0 Å². The van der Waals surface area contributed by atoms with Gasteiger partial charge in [-0.2, -0.15) is 0 Å². The first-order valence-corrected chi connectivity index (χ1v) is 11.5. The van der Waals surface area contributed by atoms with Crippen molar-refractivity contribution >= 4 is 0 Å². The summed E-state index contributed by atoms with van der Waals surface area (Å²) in [5, 5.41) is 0. The number of quaternary nitrogens is 1. The molecule has 0 spiro atoms. The predicted octanol–water partition coefficient (Wildman–Crippen LogP) is 6.22. The molecule has 0 aromatic heterocycles. The third-order valence-electron chi connectivity index (χ3n) is 6.01. The fourth-order valence-corrected chi connectivity index (χ4v) is 4.35. The molecule has 1 heterocycles. The Morgan fingerprint density at radius 1 is 0.733 bits per heavy atom. The smallest absolute Gasteiger partial charge is 0.119 e. The van der Waals surface area contributed by atoms with Crippen LogP contribution in [0, 0.1) is 0 Å². The zero-order chi connectivity index (χ0) is 20.2. The number of ether oxygens (including phenoxy) is 2. The van der Waals surface area contributed by atoms with E-state index in [9.17, 15) is 0 Å². The maximum absolute atomic E-state index is 6.04. The second-order valence-corrected chi connectivity index (χ2v) is 8.45. The van der Waals surface area contributed by atoms with E-state index in [-0.39, 0.29) is 32.7 Å². The van der Waals surface area contributed by atoms with Crippen LogP contribution < -0.4 is 9.47 Å². The molecule has 1 aliphatic heterocycles. The predicted molar refractivity (Wildman–Crippen MR) is 120 cm³/mol. The zero-order valence-electron chi connectivity index (χ0n) is 18.7. The molecule has 161 valence electrons. The topological polar surface area (TPSA) is 18.5 Å². The molecular formula is C26H38NO2Y+. The first kappa shape index (κ1) is 25.4. The van der Waals surface area contributed by atoms with Crippen LogP contribution in [-0.4, -0.2) is 37.3 Å². The third-order valence-corrected chi connectivity index (χ3v) is 6.01. The molecule has 2 aromatic carbocycles. The van der Waals surface area contributed by atoms with Crippen LogP contribution in [0.25, 0.3) is 0 Å². The Labute approximate surface area is 208 Å². The van der Waals surface area contributed by atoms with E-state index in [1.54, 1.807) is 0 Å². The molecule has 3 rings (SSSR count). The second kappa shape index (κ2) is 14.2. The molecule has 1 aliphatic rings. The molecule has 0 atom stereocenters. The molecule has 0 unspecified atom stereocenters. The number of unbranched alkanes of at least 4 members (excludes halogenated alkanes) is 1. The van der Waals surface area contributed by atoms with Gasteiger partial charge in [-0.1, -0.05) is 43.7 Å². The van der Waals surface area contributed by atoms with Gasteiger partial charge >= 0.3 is 0 Å². The zero-order valence-corrected chi connectivity index (χ0v) is 21.6. The van der Waals surface area contributed by atoms with Crippen LogP contribution in [0.5, 0.6) is 11.5 Å². The van der Waals surface area contributed by atoms with Crippen molar-refractivity contribution in [3.63, 3.8) is 0 Å². The van der Waals surface area contributed by atoms with E-state index in [0.29, 0.717) is 0 Å². The minimum atomic E-state index is 0. The maximum atomic E-state index is 6.04. The van der Waals surface area contributed by atoms with E-state index >= 15 is 0 Å². The summed E-state index contributed by atoms with van der Waals surface area (Å²) in [4.78, 5) is 0. The molecule has 30 heavy (non-hydrogen) atoms. The van der Waals surface area contributed by atoms with Crippen molar-refractivity contribution in [2.45, 2.75) is 58.4 Å². The normalized spacial score (nSPS) is 15.6. The Hall–Kier alpha value is -0.896. The number of hydrogen-bond donors (Lipinski definition) is 0. The van der Waals surface area contributed by atoms with Gasteiger partial charge in [0, 0.05) is 44.7 Å². The van der Waals surface area contributed by atoms with Gasteiger partial charge in [-0.05, 0) is 56.4 Å². The summed E-state index contributed by atoms with van der Waals surface area (Å²) < 4.78 is 13.0. The van der Waals surface area contributed by atoms with Crippen LogP contribution in [-0.2, 0) is 39.3 Å². The summed E-state index contributed by atoms with van der Waals surface area (Å²) in [7, 11) is 0. The average Bonchev–Trinajstić information content (AvgIpc) is 2.99. The van der Waals surface area contributed by atoms with Gasteiger partial charge in [-0.3, -0.25) is 0 Å². The number of nitrogens with zero attached hydrogens (tertiary/aromatic N) is 1. The number of benzene rings is 2. The van der Waals surface area contributed by atoms with Crippen molar-refractivity contribution in [1.29, 1.82) is 0 Å². The van der Waals surface area contributed by atoms with E-state index in [4.69, 9.17) is 9.47 Å². The molecule has 0 N–H and O–H groups in total. The molecule has 0 saturated carbocycles. The van der Waals surface area contributed by atoms with Gasteiger partial charge in [0.25, 0.3) is 0 Å². The fraction of sp³-hybridized carbons (Fsp3) is 0.538. The quantitative estimate of drug-likeness (QED) is 0.278. The van der Waals surface area contributed by atoms with Crippen molar-refractivity contribution in [3.8, 4) is 11.5 Å². The van der Waals surface area contributed by atoms with Gasteiger partial charge in [0.15, 0.2) is 0 Å². The van der Waals surface area contributed by atoms with Gasteiger partial charge in [-0.15, -0.1) is 0 Å². The average molecular weight is 486 g/mol. The Morgan fingerprint density at radius 2 is 1.30 bits per heavy atom. The molecule has 1 radical (unpaired) electrons. The molecule has 3 nitrogen and oxygen atoms in total. The summed E-state index contributed by atoms with van der Waals surface area (Å²) in [5.74, 6) is 1.88. The fourth-order valence-electron chi connectivity index (χ4n) is 4.35. The molecule has 2 aromatic rings. The Bertz CT molecular complexity index is 682. The van der Waals surface area contributed by atoms with Crippen LogP contribution >= 0.6 is 0 Å². The third kappa shape index (κ3) is 8.69. The van der Waals surface area contributed by atoms with Crippen molar-refractivity contribution in [1.82, 2.24) is 0 Å². The van der Waals surface area contributed by atoms with Gasteiger partial charge < -0.3 is 14.0 Å². The second-order valence-electron chi connectivity index (χ2n) is 8.45. The van der Waals surface area contributed by atoms with Crippen LogP contribution in [0.2, 0.25) is 0 Å². The Kier molecular flexibility index (Phi) is 12.0. The van der Waals surface area contributed by atoms with Gasteiger partial charge in [0.05, 0.1) is 32.8 Å². The van der Waals surface area contributed by atoms with E-state index in [2.05, 4.69) is 37.3 Å². The Morgan fingerprint density at radius 3 is 1.87 bits per heavy atom. The van der Waals surface area contributed by atoms with Crippen LogP contribution in [0.4, 0.5) is 0 Å². The summed E-state index contributed by atoms with van der Waals surface area (Å²) in [6.07, 6.45) is 8.84. The van der Waals surface area contributed by atoms with Crippen LogP contribution in [0.15, 0.2) is 54.6 Å². The Balaban J connectivity index is 0.00000320. The van der Waals surface area contributed by atoms with Crippen molar-refractivity contribution < 1.29 is 46.7 Å². The van der Waals surface area contributed by atoms with Gasteiger partial charge in [0.1, 0.15) is 18.0 Å². The SMILES string of the molecule is CCCCOc1ccc(OCCC[N+]2(Cc3ccccc3)CCCCCC2)cc1.[Y]. The van der Waals surface area contributed by atoms with Crippen molar-refractivity contribution in [2.75, 3.05) is 32.8 Å². The van der Waals surface area contributed by atoms with E-state index in [1.165, 1.54) is 55.4 Å². The monoisotopic (exact) mass is 485 g/mol. The van der Waals surface area contributed by atoms with Gasteiger partial charge in [-0.25, -0.2) is 0 Å². The summed E-state index contributed by atoms with van der Waals surface area (Å²) >= 11 is 0. The van der Waals surface area contributed by atoms with Crippen molar-refractivity contribution in [2.24, 2.45) is 0 Å². The summed E-state index contributed by atoms with van der Waals surface area (Å²) in [5.41, 5.74) is 1.47. The van der Waals surface area contributed by atoms with Crippen LogP contribution in [0.3, 0.4) is 0 Å². The minimum Gasteiger partial charge on any atom is -0.494 e. The molecule has 1 fully saturated rings. The molecule has 1 saturated heterocycles. The van der Waals surface area contributed by atoms with Gasteiger partial charge in [0.2, 0.25) is 0 Å². The molecule has 0 amide bonds. The summed E-state index contributed by atoms with van der Waals surface area (Å²) in [6.45, 7) is 8.72. The number of likely N-dealkylation sites (tertiary alicyclic amines) is 1. The first-order valence-electron chi connectivity index (χ1n) is 11.5. The maximum Gasteiger partial charge on any atom is 0.119 e.